The second-order valence-electron chi connectivity index (χ2n) is 4.00. The fourth-order valence-electron chi connectivity index (χ4n) is 1.56. The predicted octanol–water partition coefficient (Wildman–Crippen LogP) is -0.589. The fourth-order valence-corrected chi connectivity index (χ4v) is 2.26. The number of hydrazone groups is 1. The van der Waals surface area contributed by atoms with Gasteiger partial charge >= 0.3 is 5.17 Å². The van der Waals surface area contributed by atoms with Gasteiger partial charge in [0, 0.05) is 5.75 Å². The number of rotatable bonds is 6. The molecule has 0 saturated heterocycles. The Labute approximate surface area is 113 Å². The first kappa shape index (κ1) is 16.0. The van der Waals surface area contributed by atoms with Crippen molar-refractivity contribution in [1.82, 2.24) is 0 Å². The molecule has 0 aromatic heterocycles. The maximum absolute atomic E-state index is 5.88. The van der Waals surface area contributed by atoms with Crippen LogP contribution in [0.3, 0.4) is 0 Å². The highest BCUT2D eigenvalue weighted by Gasteiger charge is 2.15. The van der Waals surface area contributed by atoms with Crippen LogP contribution in [0.5, 0.6) is 0 Å². The van der Waals surface area contributed by atoms with Crippen molar-refractivity contribution in [2.75, 3.05) is 12.3 Å². The van der Waals surface area contributed by atoms with Gasteiger partial charge in [-0.2, -0.15) is 0 Å². The lowest BCUT2D eigenvalue weighted by Crippen LogP contribution is -3.00. The molecular weight excluding hydrogens is 286 g/mol. The molecule has 5 heteroatoms. The largest absolute Gasteiger partial charge is 1.00 e. The third-order valence-corrected chi connectivity index (χ3v) is 3.52. The molecule has 0 radical (unpaired) electrons. The Morgan fingerprint density at radius 2 is 2.00 bits per heavy atom. The van der Waals surface area contributed by atoms with Crippen molar-refractivity contribution in [3.8, 4) is 0 Å². The average molecular weight is 308 g/mol. The molecule has 16 heavy (non-hydrogen) atoms. The van der Waals surface area contributed by atoms with Crippen molar-refractivity contribution < 1.29 is 21.7 Å². The summed E-state index contributed by atoms with van der Waals surface area (Å²) in [6.45, 7) is 5.27. The van der Waals surface area contributed by atoms with Crippen LogP contribution >= 0.6 is 11.8 Å². The number of hydrogen-bond acceptors (Lipinski definition) is 3. The summed E-state index contributed by atoms with van der Waals surface area (Å²) >= 11 is 1.69. The molecule has 0 amide bonds. The summed E-state index contributed by atoms with van der Waals surface area (Å²) in [7, 11) is 0. The van der Waals surface area contributed by atoms with Gasteiger partial charge in [-0.1, -0.05) is 31.3 Å². The summed E-state index contributed by atoms with van der Waals surface area (Å²) in [5, 5.41) is 5.31. The third-order valence-electron chi connectivity index (χ3n) is 2.45. The molecule has 0 saturated carbocycles. The minimum Gasteiger partial charge on any atom is -1.00 e. The lowest BCUT2D eigenvalue weighted by Gasteiger charge is -2.09. The molecule has 1 heterocycles. The van der Waals surface area contributed by atoms with Gasteiger partial charge in [0.15, 0.2) is 0 Å². The maximum atomic E-state index is 5.88. The molecule has 3 nitrogen and oxygen atoms in total. The molecule has 0 aliphatic carbocycles. The first-order chi connectivity index (χ1) is 7.24. The molecule has 0 aromatic carbocycles. The van der Waals surface area contributed by atoms with E-state index in [9.17, 15) is 0 Å². The Hall–Kier alpha value is -0.0300. The van der Waals surface area contributed by atoms with Crippen LogP contribution in [-0.4, -0.2) is 27.9 Å². The lowest BCUT2D eigenvalue weighted by molar-refractivity contribution is -0.532. The van der Waals surface area contributed by atoms with Gasteiger partial charge in [-0.05, 0) is 31.5 Å². The second-order valence-corrected chi connectivity index (χ2v) is 5.00. The zero-order chi connectivity index (χ0) is 11.1. The number of amidine groups is 1. The van der Waals surface area contributed by atoms with Crippen LogP contribution in [0, 0.1) is 0 Å². The number of hydrogen-bond donors (Lipinski definition) is 1. The van der Waals surface area contributed by atoms with E-state index in [4.69, 9.17) is 5.73 Å². The van der Waals surface area contributed by atoms with E-state index in [1.165, 1.54) is 37.8 Å². The van der Waals surface area contributed by atoms with E-state index in [0.29, 0.717) is 0 Å². The maximum Gasteiger partial charge on any atom is 0.329 e. The molecular formula is C11H22BrN3S. The highest BCUT2D eigenvalue weighted by atomic mass is 79.9. The zero-order valence-corrected chi connectivity index (χ0v) is 12.6. The van der Waals surface area contributed by atoms with E-state index in [0.717, 1.165) is 17.5 Å². The van der Waals surface area contributed by atoms with Crippen molar-refractivity contribution in [2.45, 2.75) is 46.0 Å². The van der Waals surface area contributed by atoms with Crippen molar-refractivity contribution in [3.05, 3.63) is 0 Å². The summed E-state index contributed by atoms with van der Waals surface area (Å²) in [6.07, 6.45) is 6.45. The third kappa shape index (κ3) is 5.89. The molecule has 0 bridgehead atoms. The van der Waals surface area contributed by atoms with Crippen LogP contribution in [-0.2, 0) is 0 Å². The number of thioether (sulfide) groups is 1. The predicted molar refractivity (Wildman–Crippen MR) is 68.6 cm³/mol. The van der Waals surface area contributed by atoms with E-state index >= 15 is 0 Å². The first-order valence-electron chi connectivity index (χ1n) is 5.81. The molecule has 0 fully saturated rings. The van der Waals surface area contributed by atoms with E-state index < -0.39 is 0 Å². The molecule has 1 aliphatic heterocycles. The fraction of sp³-hybridized carbons (Fsp3) is 0.818. The quantitative estimate of drug-likeness (QED) is 0.526. The average Bonchev–Trinajstić information content (AvgIpc) is 2.23. The normalized spacial score (nSPS) is 15.8. The van der Waals surface area contributed by atoms with Gasteiger partial charge in [-0.25, -0.2) is 0 Å². The minimum absolute atomic E-state index is 0. The summed E-state index contributed by atoms with van der Waals surface area (Å²) < 4.78 is 1.95. The van der Waals surface area contributed by atoms with E-state index in [2.05, 4.69) is 18.9 Å². The van der Waals surface area contributed by atoms with Crippen LogP contribution in [0.1, 0.15) is 46.0 Å². The molecule has 0 aromatic rings. The topological polar surface area (TPSA) is 41.4 Å². The van der Waals surface area contributed by atoms with Crippen LogP contribution in [0.25, 0.3) is 0 Å². The van der Waals surface area contributed by atoms with E-state index in [1.54, 1.807) is 11.8 Å². The summed E-state index contributed by atoms with van der Waals surface area (Å²) in [6, 6.07) is 0. The summed E-state index contributed by atoms with van der Waals surface area (Å²) in [5.41, 5.74) is 7.05. The zero-order valence-electron chi connectivity index (χ0n) is 10.2. The lowest BCUT2D eigenvalue weighted by atomic mass is 10.1. The van der Waals surface area contributed by atoms with Gasteiger partial charge in [0.2, 0.25) is 0 Å². The van der Waals surface area contributed by atoms with Gasteiger partial charge in [0.25, 0.3) is 0 Å². The van der Waals surface area contributed by atoms with Crippen LogP contribution < -0.4 is 22.7 Å². The van der Waals surface area contributed by atoms with E-state index in [1.807, 2.05) is 4.68 Å². The number of nitrogens with two attached hydrogens (primary N) is 1. The Balaban J connectivity index is 0.00000225. The minimum atomic E-state index is 0. The molecule has 94 valence electrons. The molecule has 0 unspecified atom stereocenters. The SMILES string of the molecule is CCCCCCC[N+]1=C(N)SCC(C)=N1.[Br-]. The van der Waals surface area contributed by atoms with Crippen LogP contribution in [0.15, 0.2) is 5.10 Å². The standard InChI is InChI=1S/C11H21N3S.BrH/c1-3-4-5-6-7-8-14-11(12)15-9-10(2)13-14;/h12H,3-9H2,1-2H3;1H. The van der Waals surface area contributed by atoms with Gasteiger partial charge in [-0.3, -0.25) is 5.73 Å². The summed E-state index contributed by atoms with van der Waals surface area (Å²) in [4.78, 5) is 0. The number of halogens is 1. The first-order valence-corrected chi connectivity index (χ1v) is 6.79. The Kier molecular flexibility index (Phi) is 9.03. The number of nitrogens with zero attached hydrogens (tertiary/aromatic N) is 2. The highest BCUT2D eigenvalue weighted by Crippen LogP contribution is 2.09. The van der Waals surface area contributed by atoms with Crippen molar-refractivity contribution in [2.24, 2.45) is 10.8 Å². The Bertz CT molecular complexity index is 264. The van der Waals surface area contributed by atoms with Gasteiger partial charge in [-0.15, -0.1) is 4.68 Å². The molecule has 2 N–H and O–H groups in total. The van der Waals surface area contributed by atoms with Crippen LogP contribution in [0.4, 0.5) is 0 Å². The van der Waals surface area contributed by atoms with Crippen molar-refractivity contribution >= 4 is 22.6 Å². The second kappa shape index (κ2) is 9.05. The highest BCUT2D eigenvalue weighted by molar-refractivity contribution is 8.14. The smallest absolute Gasteiger partial charge is 0.329 e. The van der Waals surface area contributed by atoms with E-state index in [-0.39, 0.29) is 17.0 Å². The Morgan fingerprint density at radius 3 is 2.69 bits per heavy atom. The number of unbranched alkanes of at least 4 members (excludes halogenated alkanes) is 4. The van der Waals surface area contributed by atoms with Crippen LogP contribution in [0.2, 0.25) is 0 Å². The summed E-state index contributed by atoms with van der Waals surface area (Å²) in [5.74, 6) is 0.943. The molecule has 0 spiro atoms. The van der Waals surface area contributed by atoms with Gasteiger partial charge in [0.1, 0.15) is 6.54 Å². The Morgan fingerprint density at radius 1 is 1.31 bits per heavy atom. The van der Waals surface area contributed by atoms with Gasteiger partial charge < -0.3 is 17.0 Å². The molecule has 0 atom stereocenters. The monoisotopic (exact) mass is 307 g/mol. The van der Waals surface area contributed by atoms with Crippen molar-refractivity contribution in [1.29, 1.82) is 0 Å². The van der Waals surface area contributed by atoms with Crippen molar-refractivity contribution in [3.63, 3.8) is 0 Å². The molecule has 1 aliphatic rings. The van der Waals surface area contributed by atoms with Gasteiger partial charge in [0.05, 0.1) is 5.71 Å². The molecule has 1 rings (SSSR count).